The molecule has 0 aromatic carbocycles. The topological polar surface area (TPSA) is 74.6 Å². The number of nitrogens with zero attached hydrogens (tertiary/aromatic N) is 4. The van der Waals surface area contributed by atoms with E-state index in [1.807, 2.05) is 0 Å². The minimum Gasteiger partial charge on any atom is -0.350 e. The van der Waals surface area contributed by atoms with Crippen molar-refractivity contribution in [1.29, 1.82) is 0 Å². The number of hydrogen-bond acceptors (Lipinski definition) is 5. The first-order valence-corrected chi connectivity index (χ1v) is 7.97. The molecule has 0 radical (unpaired) electrons. The summed E-state index contributed by atoms with van der Waals surface area (Å²) in [5, 5.41) is 13.2. The summed E-state index contributed by atoms with van der Waals surface area (Å²) in [6, 6.07) is 1.43. The van der Waals surface area contributed by atoms with Gasteiger partial charge in [-0.2, -0.15) is 13.2 Å². The van der Waals surface area contributed by atoms with Gasteiger partial charge in [-0.1, -0.05) is 0 Å². The van der Waals surface area contributed by atoms with E-state index in [0.29, 0.717) is 37.7 Å². The summed E-state index contributed by atoms with van der Waals surface area (Å²) in [5.41, 5.74) is 0.833. The molecule has 0 saturated carbocycles. The number of carbonyl (C=O) groups is 1. The van der Waals surface area contributed by atoms with E-state index in [1.54, 1.807) is 17.4 Å². The van der Waals surface area contributed by atoms with Crippen molar-refractivity contribution >= 4 is 36.4 Å². The van der Waals surface area contributed by atoms with Gasteiger partial charge in [-0.25, -0.2) is 0 Å². The zero-order valence-electron chi connectivity index (χ0n) is 14.5. The fraction of sp³-hybridized carbons (Fsp3) is 0.533. The van der Waals surface area contributed by atoms with Gasteiger partial charge >= 0.3 is 6.18 Å². The molecule has 2 aromatic rings. The fourth-order valence-electron chi connectivity index (χ4n) is 2.88. The Morgan fingerprint density at radius 1 is 1.26 bits per heavy atom. The van der Waals surface area contributed by atoms with Gasteiger partial charge < -0.3 is 10.6 Å². The summed E-state index contributed by atoms with van der Waals surface area (Å²) in [4.78, 5) is 13.6. The van der Waals surface area contributed by atoms with Gasteiger partial charge in [0.15, 0.2) is 5.65 Å². The fourth-order valence-corrected chi connectivity index (χ4v) is 2.88. The van der Waals surface area contributed by atoms with Crippen LogP contribution in [0.15, 0.2) is 18.3 Å². The van der Waals surface area contributed by atoms with Crippen LogP contribution < -0.4 is 10.6 Å². The second-order valence-electron chi connectivity index (χ2n) is 5.95. The van der Waals surface area contributed by atoms with Gasteiger partial charge in [0.25, 0.3) is 5.91 Å². The van der Waals surface area contributed by atoms with Crippen molar-refractivity contribution in [3.05, 3.63) is 29.7 Å². The lowest BCUT2D eigenvalue weighted by atomic mass is 10.2. The quantitative estimate of drug-likeness (QED) is 0.770. The van der Waals surface area contributed by atoms with Crippen LogP contribution in [0.5, 0.6) is 0 Å². The van der Waals surface area contributed by atoms with E-state index in [2.05, 4.69) is 20.8 Å². The zero-order chi connectivity index (χ0) is 18.0. The average molecular weight is 429 g/mol. The Hall–Kier alpha value is -1.62. The number of amides is 1. The maximum absolute atomic E-state index is 13.3. The van der Waals surface area contributed by atoms with Crippen molar-refractivity contribution in [2.24, 2.45) is 0 Å². The summed E-state index contributed by atoms with van der Waals surface area (Å²) in [6.45, 7) is 2.85. The monoisotopic (exact) mass is 428 g/mol. The highest BCUT2D eigenvalue weighted by atomic mass is 35.5. The Morgan fingerprint density at radius 3 is 2.56 bits per heavy atom. The highest BCUT2D eigenvalue weighted by Crippen LogP contribution is 2.24. The third-order valence-corrected chi connectivity index (χ3v) is 4.26. The van der Waals surface area contributed by atoms with Gasteiger partial charge in [0.1, 0.15) is 11.9 Å². The van der Waals surface area contributed by atoms with Crippen LogP contribution in [0.3, 0.4) is 0 Å². The number of alkyl halides is 3. The second-order valence-corrected chi connectivity index (χ2v) is 5.95. The van der Waals surface area contributed by atoms with Crippen LogP contribution in [-0.4, -0.2) is 70.3 Å². The second kappa shape index (κ2) is 9.54. The lowest BCUT2D eigenvalue weighted by molar-refractivity contribution is -0.183. The van der Waals surface area contributed by atoms with Crippen molar-refractivity contribution in [2.75, 3.05) is 32.7 Å². The SMILES string of the molecule is Cc1nnc2ccc(C(=O)NCC(N3CCNCC3)C(F)(F)F)cn12.Cl.Cl. The summed E-state index contributed by atoms with van der Waals surface area (Å²) >= 11 is 0. The Kier molecular flexibility index (Phi) is 8.27. The minimum absolute atomic E-state index is 0. The van der Waals surface area contributed by atoms with Gasteiger partial charge in [-0.15, -0.1) is 35.0 Å². The van der Waals surface area contributed by atoms with Crippen LogP contribution in [0.4, 0.5) is 13.2 Å². The van der Waals surface area contributed by atoms with Crippen LogP contribution in [0, 0.1) is 6.92 Å². The zero-order valence-corrected chi connectivity index (χ0v) is 16.1. The van der Waals surface area contributed by atoms with Gasteiger partial charge in [0.05, 0.1) is 5.56 Å². The Morgan fingerprint density at radius 2 is 1.93 bits per heavy atom. The predicted octanol–water partition coefficient (Wildman–Crippen LogP) is 1.45. The third-order valence-electron chi connectivity index (χ3n) is 4.26. The van der Waals surface area contributed by atoms with E-state index in [4.69, 9.17) is 0 Å². The van der Waals surface area contributed by atoms with E-state index in [9.17, 15) is 18.0 Å². The molecular formula is C15H21Cl2F3N6O. The number of halogens is 5. The van der Waals surface area contributed by atoms with Gasteiger partial charge in [0, 0.05) is 38.9 Å². The Balaban J connectivity index is 0.00000182. The molecule has 3 heterocycles. The number of piperazine rings is 1. The smallest absolute Gasteiger partial charge is 0.350 e. The molecule has 2 aromatic heterocycles. The molecule has 1 fully saturated rings. The van der Waals surface area contributed by atoms with Crippen LogP contribution in [0.25, 0.3) is 5.65 Å². The molecule has 152 valence electrons. The molecule has 7 nitrogen and oxygen atoms in total. The molecule has 1 amide bonds. The van der Waals surface area contributed by atoms with Gasteiger partial charge in [-0.3, -0.25) is 14.1 Å². The average Bonchev–Trinajstić information content (AvgIpc) is 2.95. The Bertz CT molecular complexity index is 764. The van der Waals surface area contributed by atoms with Gasteiger partial charge in [0.2, 0.25) is 0 Å². The number of nitrogens with one attached hydrogen (secondary N) is 2. The number of hydrogen-bond donors (Lipinski definition) is 2. The molecule has 0 spiro atoms. The molecule has 1 aliphatic heterocycles. The van der Waals surface area contributed by atoms with Crippen molar-refractivity contribution < 1.29 is 18.0 Å². The van der Waals surface area contributed by atoms with E-state index >= 15 is 0 Å². The lowest BCUT2D eigenvalue weighted by Crippen LogP contribution is -2.57. The number of fused-ring (bicyclic) bond motifs is 1. The normalized spacial score (nSPS) is 16.3. The first-order valence-electron chi connectivity index (χ1n) is 7.97. The molecule has 1 saturated heterocycles. The van der Waals surface area contributed by atoms with Gasteiger partial charge in [-0.05, 0) is 19.1 Å². The minimum atomic E-state index is -4.40. The summed E-state index contributed by atoms with van der Waals surface area (Å²) in [7, 11) is 0. The molecular weight excluding hydrogens is 408 g/mol. The summed E-state index contributed by atoms with van der Waals surface area (Å²) in [5.74, 6) is 0.0398. The Labute approximate surface area is 166 Å². The number of carbonyl (C=O) groups excluding carboxylic acids is 1. The number of rotatable bonds is 4. The van der Waals surface area contributed by atoms with Crippen molar-refractivity contribution in [1.82, 2.24) is 30.1 Å². The first kappa shape index (κ1) is 23.4. The lowest BCUT2D eigenvalue weighted by Gasteiger charge is -2.35. The number of pyridine rings is 1. The predicted molar refractivity (Wildman–Crippen MR) is 98.8 cm³/mol. The molecule has 1 atom stereocenters. The molecule has 1 unspecified atom stereocenters. The van der Waals surface area contributed by atoms with Crippen molar-refractivity contribution in [3.8, 4) is 0 Å². The molecule has 2 N–H and O–H groups in total. The van der Waals surface area contributed by atoms with E-state index in [-0.39, 0.29) is 30.4 Å². The van der Waals surface area contributed by atoms with Crippen LogP contribution in [0.1, 0.15) is 16.2 Å². The number of aryl methyl sites for hydroxylation is 1. The maximum atomic E-state index is 13.3. The van der Waals surface area contributed by atoms with E-state index in [0.717, 1.165) is 0 Å². The molecule has 0 bridgehead atoms. The van der Waals surface area contributed by atoms with Crippen LogP contribution in [-0.2, 0) is 0 Å². The number of aromatic nitrogens is 3. The standard InChI is InChI=1S/C15H19F3N6O.2ClH/c1-10-21-22-13-3-2-11(9-24(10)13)14(25)20-8-12(15(16,17)18)23-6-4-19-5-7-23;;/h2-3,9,12,19H,4-8H2,1H3,(H,20,25);2*1H. The highest BCUT2D eigenvalue weighted by Gasteiger charge is 2.43. The van der Waals surface area contributed by atoms with Crippen LogP contribution >= 0.6 is 24.8 Å². The first-order chi connectivity index (χ1) is 11.9. The van der Waals surface area contributed by atoms with Crippen molar-refractivity contribution in [3.63, 3.8) is 0 Å². The van der Waals surface area contributed by atoms with Crippen molar-refractivity contribution in [2.45, 2.75) is 19.1 Å². The van der Waals surface area contributed by atoms with Crippen LogP contribution in [0.2, 0.25) is 0 Å². The molecule has 3 rings (SSSR count). The molecule has 27 heavy (non-hydrogen) atoms. The summed E-state index contributed by atoms with van der Waals surface area (Å²) < 4.78 is 41.6. The van der Waals surface area contributed by atoms with E-state index in [1.165, 1.54) is 17.2 Å². The van der Waals surface area contributed by atoms with E-state index < -0.39 is 24.7 Å². The highest BCUT2D eigenvalue weighted by molar-refractivity contribution is 5.94. The maximum Gasteiger partial charge on any atom is 0.405 e. The molecule has 0 aliphatic carbocycles. The summed E-state index contributed by atoms with van der Waals surface area (Å²) in [6.07, 6.45) is -2.88. The largest absolute Gasteiger partial charge is 0.405 e. The third kappa shape index (κ3) is 5.44. The molecule has 12 heteroatoms. The molecule has 1 aliphatic rings.